The van der Waals surface area contributed by atoms with Crippen LogP contribution in [0.3, 0.4) is 0 Å². The molecular weight excluding hydrogens is 395 g/mol. The summed E-state index contributed by atoms with van der Waals surface area (Å²) in [5.74, 6) is 0.261. The minimum atomic E-state index is -0.630. The van der Waals surface area contributed by atoms with Crippen molar-refractivity contribution >= 4 is 17.5 Å². The number of benzene rings is 2. The van der Waals surface area contributed by atoms with E-state index in [1.54, 1.807) is 24.3 Å². The average Bonchev–Trinajstić information content (AvgIpc) is 2.73. The van der Waals surface area contributed by atoms with Gasteiger partial charge in [0.15, 0.2) is 0 Å². The number of likely N-dealkylation sites (tertiary alicyclic amines) is 1. The van der Waals surface area contributed by atoms with Crippen molar-refractivity contribution in [3.63, 3.8) is 0 Å². The number of hydrogen-bond donors (Lipinski definition) is 2. The summed E-state index contributed by atoms with van der Waals surface area (Å²) in [6.07, 6.45) is 0.857. The van der Waals surface area contributed by atoms with Crippen LogP contribution in [0, 0.1) is 11.7 Å². The Morgan fingerprint density at radius 1 is 1.21 bits per heavy atom. The van der Waals surface area contributed by atoms with Gasteiger partial charge in [0.25, 0.3) is 0 Å². The van der Waals surface area contributed by atoms with Gasteiger partial charge in [0.05, 0.1) is 5.02 Å². The number of carbonyl (C=O) groups is 1. The summed E-state index contributed by atoms with van der Waals surface area (Å²) in [4.78, 5) is 14.5. The van der Waals surface area contributed by atoms with Gasteiger partial charge in [0.1, 0.15) is 24.3 Å². The van der Waals surface area contributed by atoms with Crippen molar-refractivity contribution in [2.24, 2.45) is 5.92 Å². The number of carbonyl (C=O) groups excluding carboxylic acids is 1. The third-order valence-electron chi connectivity index (χ3n) is 5.08. The predicted molar refractivity (Wildman–Crippen MR) is 110 cm³/mol. The molecule has 0 aromatic heterocycles. The molecule has 3 rings (SSSR count). The van der Waals surface area contributed by atoms with Crippen LogP contribution in [-0.2, 0) is 11.3 Å². The third kappa shape index (κ3) is 6.70. The summed E-state index contributed by atoms with van der Waals surface area (Å²) >= 11 is 6.05. The van der Waals surface area contributed by atoms with E-state index in [0.29, 0.717) is 23.9 Å². The van der Waals surface area contributed by atoms with Gasteiger partial charge in [-0.05, 0) is 55.8 Å². The average molecular weight is 421 g/mol. The molecule has 1 aliphatic rings. The fraction of sp³-hybridized carbons (Fsp3) is 0.409. The number of rotatable bonds is 8. The van der Waals surface area contributed by atoms with Crippen molar-refractivity contribution in [2.45, 2.75) is 25.5 Å². The van der Waals surface area contributed by atoms with Gasteiger partial charge in [-0.2, -0.15) is 0 Å². The second-order valence-electron chi connectivity index (χ2n) is 7.31. The Kier molecular flexibility index (Phi) is 7.86. The number of piperidine rings is 1. The van der Waals surface area contributed by atoms with Crippen molar-refractivity contribution in [3.8, 4) is 5.75 Å². The minimum Gasteiger partial charge on any atom is -0.489 e. The van der Waals surface area contributed by atoms with E-state index >= 15 is 0 Å². The zero-order chi connectivity index (χ0) is 20.6. The van der Waals surface area contributed by atoms with Crippen molar-refractivity contribution < 1.29 is 19.0 Å². The summed E-state index contributed by atoms with van der Waals surface area (Å²) in [7, 11) is 0. The second kappa shape index (κ2) is 10.6. The molecule has 156 valence electrons. The van der Waals surface area contributed by atoms with Crippen molar-refractivity contribution in [3.05, 3.63) is 64.9 Å². The smallest absolute Gasteiger partial charge is 0.223 e. The highest BCUT2D eigenvalue weighted by Crippen LogP contribution is 2.23. The molecule has 0 bridgehead atoms. The molecule has 1 aliphatic heterocycles. The summed E-state index contributed by atoms with van der Waals surface area (Å²) in [5.41, 5.74) is 0.874. The van der Waals surface area contributed by atoms with Gasteiger partial charge in [0, 0.05) is 19.0 Å². The lowest BCUT2D eigenvalue weighted by Crippen LogP contribution is -2.44. The van der Waals surface area contributed by atoms with E-state index in [-0.39, 0.29) is 24.2 Å². The Labute approximate surface area is 175 Å². The van der Waals surface area contributed by atoms with Crippen LogP contribution >= 0.6 is 11.6 Å². The molecule has 0 aliphatic carbocycles. The number of nitrogens with one attached hydrogen (secondary N) is 1. The molecule has 29 heavy (non-hydrogen) atoms. The molecule has 0 saturated carbocycles. The number of para-hydroxylation sites is 1. The molecule has 5 nitrogen and oxygen atoms in total. The second-order valence-corrected chi connectivity index (χ2v) is 7.72. The minimum absolute atomic E-state index is 0.0246. The molecule has 2 N–H and O–H groups in total. The summed E-state index contributed by atoms with van der Waals surface area (Å²) in [6, 6.07) is 13.3. The number of nitrogens with zero attached hydrogens (tertiary/aromatic N) is 1. The van der Waals surface area contributed by atoms with Crippen molar-refractivity contribution in [1.29, 1.82) is 0 Å². The number of halogens is 2. The molecule has 0 radical (unpaired) electrons. The van der Waals surface area contributed by atoms with E-state index in [1.165, 1.54) is 12.1 Å². The first-order chi connectivity index (χ1) is 14.0. The topological polar surface area (TPSA) is 61.8 Å². The van der Waals surface area contributed by atoms with Crippen LogP contribution < -0.4 is 10.1 Å². The predicted octanol–water partition coefficient (Wildman–Crippen LogP) is 3.25. The summed E-state index contributed by atoms with van der Waals surface area (Å²) in [5, 5.41) is 13.7. The summed E-state index contributed by atoms with van der Waals surface area (Å²) < 4.78 is 18.5. The van der Waals surface area contributed by atoms with E-state index < -0.39 is 6.10 Å². The first-order valence-electron chi connectivity index (χ1n) is 9.81. The molecule has 1 heterocycles. The highest BCUT2D eigenvalue weighted by atomic mass is 35.5. The van der Waals surface area contributed by atoms with Crippen LogP contribution in [0.5, 0.6) is 5.75 Å². The van der Waals surface area contributed by atoms with Gasteiger partial charge in [-0.1, -0.05) is 35.9 Å². The monoisotopic (exact) mass is 420 g/mol. The maximum absolute atomic E-state index is 12.9. The van der Waals surface area contributed by atoms with Crippen LogP contribution in [0.1, 0.15) is 18.4 Å². The lowest BCUT2D eigenvalue weighted by molar-refractivity contribution is -0.126. The molecule has 7 heteroatoms. The molecule has 1 atom stereocenters. The van der Waals surface area contributed by atoms with Gasteiger partial charge >= 0.3 is 0 Å². The Hall–Kier alpha value is -2.15. The van der Waals surface area contributed by atoms with E-state index in [1.807, 2.05) is 12.1 Å². The Balaban J connectivity index is 1.35. The molecule has 2 aromatic carbocycles. The quantitative estimate of drug-likeness (QED) is 0.688. The van der Waals surface area contributed by atoms with E-state index in [2.05, 4.69) is 10.2 Å². The van der Waals surface area contributed by atoms with Crippen molar-refractivity contribution in [2.75, 3.05) is 26.2 Å². The van der Waals surface area contributed by atoms with E-state index in [9.17, 15) is 14.3 Å². The molecule has 2 aromatic rings. The van der Waals surface area contributed by atoms with Gasteiger partial charge < -0.3 is 20.1 Å². The van der Waals surface area contributed by atoms with Crippen LogP contribution in [0.2, 0.25) is 5.02 Å². The molecular formula is C22H26ClFN2O3. The number of aliphatic hydroxyl groups excluding tert-OH is 1. The molecule has 1 unspecified atom stereocenters. The number of amides is 1. The fourth-order valence-electron chi connectivity index (χ4n) is 3.41. The third-order valence-corrected chi connectivity index (χ3v) is 5.39. The molecule has 1 fully saturated rings. The normalized spacial score (nSPS) is 16.4. The molecule has 1 amide bonds. The van der Waals surface area contributed by atoms with E-state index in [0.717, 1.165) is 31.5 Å². The Bertz CT molecular complexity index is 795. The van der Waals surface area contributed by atoms with Crippen molar-refractivity contribution in [1.82, 2.24) is 10.2 Å². The standard InChI is InChI=1S/C22H26ClFN2O3/c23-20-3-1-2-4-21(20)29-15-19(27)14-26-11-9-17(10-12-26)22(28)25-13-16-5-7-18(24)8-6-16/h1-8,17,19,27H,9-15H2,(H,25,28). The van der Waals surface area contributed by atoms with Crippen LogP contribution in [0.4, 0.5) is 4.39 Å². The molecule has 0 spiro atoms. The summed E-state index contributed by atoms with van der Waals surface area (Å²) in [6.45, 7) is 2.56. The van der Waals surface area contributed by atoms with Gasteiger partial charge in [-0.25, -0.2) is 4.39 Å². The number of aliphatic hydroxyl groups is 1. The zero-order valence-corrected chi connectivity index (χ0v) is 16.9. The Morgan fingerprint density at radius 2 is 1.90 bits per heavy atom. The van der Waals surface area contributed by atoms with Gasteiger partial charge in [-0.15, -0.1) is 0 Å². The Morgan fingerprint density at radius 3 is 2.59 bits per heavy atom. The highest BCUT2D eigenvalue weighted by Gasteiger charge is 2.26. The first-order valence-corrected chi connectivity index (χ1v) is 10.2. The maximum Gasteiger partial charge on any atom is 0.223 e. The lowest BCUT2D eigenvalue weighted by atomic mass is 9.95. The van der Waals surface area contributed by atoms with Gasteiger partial charge in [-0.3, -0.25) is 4.79 Å². The molecule has 1 saturated heterocycles. The van der Waals surface area contributed by atoms with Crippen LogP contribution in [-0.4, -0.2) is 48.3 Å². The first kappa shape index (κ1) is 21.6. The van der Waals surface area contributed by atoms with Crippen LogP contribution in [0.25, 0.3) is 0 Å². The highest BCUT2D eigenvalue weighted by molar-refractivity contribution is 6.32. The number of ether oxygens (including phenoxy) is 1. The number of hydrogen-bond acceptors (Lipinski definition) is 4. The lowest BCUT2D eigenvalue weighted by Gasteiger charge is -2.32. The maximum atomic E-state index is 12.9. The SMILES string of the molecule is O=C(NCc1ccc(F)cc1)C1CCN(CC(O)COc2ccccc2Cl)CC1. The number of β-amino-alcohol motifs (C(OH)–C–C–N with tert-alkyl or cyclic N) is 1. The largest absolute Gasteiger partial charge is 0.489 e. The van der Waals surface area contributed by atoms with Gasteiger partial charge in [0.2, 0.25) is 5.91 Å². The zero-order valence-electron chi connectivity index (χ0n) is 16.2. The fourth-order valence-corrected chi connectivity index (χ4v) is 3.60. The van der Waals surface area contributed by atoms with E-state index in [4.69, 9.17) is 16.3 Å². The van der Waals surface area contributed by atoms with Crippen LogP contribution in [0.15, 0.2) is 48.5 Å².